The summed E-state index contributed by atoms with van der Waals surface area (Å²) in [5.41, 5.74) is -0.00752. The van der Waals surface area contributed by atoms with Crippen molar-refractivity contribution in [1.82, 2.24) is 9.62 Å². The van der Waals surface area contributed by atoms with Crippen molar-refractivity contribution in [2.24, 2.45) is 23.7 Å². The Bertz CT molecular complexity index is 817. The largest absolute Gasteiger partial charge is 0.350 e. The number of hydrogen-bond donors (Lipinski definition) is 1. The third kappa shape index (κ3) is 3.28. The van der Waals surface area contributed by atoms with Gasteiger partial charge in [-0.25, -0.2) is 8.42 Å². The second-order valence-electron chi connectivity index (χ2n) is 9.70. The quantitative estimate of drug-likeness (QED) is 0.841. The van der Waals surface area contributed by atoms with Crippen LogP contribution in [0.4, 0.5) is 0 Å². The molecule has 28 heavy (non-hydrogen) atoms. The molecule has 1 saturated heterocycles. The average Bonchev–Trinajstić information content (AvgIpc) is 2.67. The Kier molecular flexibility index (Phi) is 4.55. The summed E-state index contributed by atoms with van der Waals surface area (Å²) in [4.78, 5) is 13.5. The van der Waals surface area contributed by atoms with Crippen molar-refractivity contribution < 1.29 is 13.2 Å². The van der Waals surface area contributed by atoms with Crippen LogP contribution < -0.4 is 5.32 Å². The first-order valence-corrected chi connectivity index (χ1v) is 12.2. The monoisotopic (exact) mass is 402 g/mol. The van der Waals surface area contributed by atoms with Gasteiger partial charge in [0.2, 0.25) is 15.9 Å². The van der Waals surface area contributed by atoms with Crippen LogP contribution in [0, 0.1) is 23.7 Å². The van der Waals surface area contributed by atoms with E-state index in [2.05, 4.69) is 5.32 Å². The molecule has 5 aliphatic rings. The zero-order valence-corrected chi connectivity index (χ0v) is 17.2. The lowest BCUT2D eigenvalue weighted by molar-refractivity contribution is -0.131. The Morgan fingerprint density at radius 3 is 2.21 bits per heavy atom. The van der Waals surface area contributed by atoms with Crippen LogP contribution in [-0.2, 0) is 14.8 Å². The van der Waals surface area contributed by atoms with E-state index in [-0.39, 0.29) is 17.4 Å². The first-order valence-electron chi connectivity index (χ1n) is 10.8. The highest BCUT2D eigenvalue weighted by molar-refractivity contribution is 7.89. The fourth-order valence-electron chi connectivity index (χ4n) is 6.74. The van der Waals surface area contributed by atoms with Crippen molar-refractivity contribution in [2.75, 3.05) is 13.1 Å². The van der Waals surface area contributed by atoms with Crippen molar-refractivity contribution in [3.63, 3.8) is 0 Å². The molecule has 6 rings (SSSR count). The number of hydrogen-bond acceptors (Lipinski definition) is 3. The van der Waals surface area contributed by atoms with E-state index in [1.54, 1.807) is 24.3 Å². The number of amides is 1. The summed E-state index contributed by atoms with van der Waals surface area (Å²) in [6, 6.07) is 8.57. The van der Waals surface area contributed by atoms with Gasteiger partial charge >= 0.3 is 0 Å². The van der Waals surface area contributed by atoms with E-state index < -0.39 is 10.0 Å². The minimum absolute atomic E-state index is 0.00752. The smallest absolute Gasteiger partial charge is 0.243 e. The number of nitrogens with zero attached hydrogens (tertiary/aromatic N) is 1. The minimum atomic E-state index is -3.53. The molecule has 6 heteroatoms. The predicted octanol–water partition coefficient (Wildman–Crippen LogP) is 3.17. The zero-order valence-electron chi connectivity index (χ0n) is 16.3. The van der Waals surface area contributed by atoms with Crippen LogP contribution in [0.1, 0.15) is 51.4 Å². The lowest BCUT2D eigenvalue weighted by Crippen LogP contribution is -2.61. The van der Waals surface area contributed by atoms with Crippen molar-refractivity contribution in [2.45, 2.75) is 61.8 Å². The van der Waals surface area contributed by atoms with Gasteiger partial charge in [-0.15, -0.1) is 0 Å². The van der Waals surface area contributed by atoms with Crippen LogP contribution in [-0.4, -0.2) is 37.3 Å². The number of piperidine rings is 1. The molecule has 1 aromatic rings. The summed E-state index contributed by atoms with van der Waals surface area (Å²) in [5, 5.41) is 3.45. The van der Waals surface area contributed by atoms with Gasteiger partial charge in [0.15, 0.2) is 0 Å². The van der Waals surface area contributed by atoms with Crippen molar-refractivity contribution in [3.05, 3.63) is 30.3 Å². The number of benzene rings is 1. The Labute approximate surface area is 167 Å². The maximum Gasteiger partial charge on any atom is 0.243 e. The van der Waals surface area contributed by atoms with Crippen LogP contribution in [0.15, 0.2) is 35.2 Å². The molecule has 5 nitrogen and oxygen atoms in total. The van der Waals surface area contributed by atoms with Gasteiger partial charge in [0.05, 0.1) is 10.8 Å². The molecule has 0 spiro atoms. The van der Waals surface area contributed by atoms with Gasteiger partial charge in [-0.2, -0.15) is 4.31 Å². The Morgan fingerprint density at radius 1 is 1.00 bits per heavy atom. The minimum Gasteiger partial charge on any atom is -0.350 e. The molecule has 1 atom stereocenters. The summed E-state index contributed by atoms with van der Waals surface area (Å²) in [6.07, 6.45) is 8.95. The second kappa shape index (κ2) is 6.84. The average molecular weight is 403 g/mol. The molecular weight excluding hydrogens is 372 g/mol. The first-order chi connectivity index (χ1) is 13.4. The van der Waals surface area contributed by atoms with Gasteiger partial charge < -0.3 is 5.32 Å². The van der Waals surface area contributed by atoms with E-state index in [9.17, 15) is 13.2 Å². The maximum absolute atomic E-state index is 13.2. The Hall–Kier alpha value is -1.40. The molecular formula is C22H30N2O3S. The molecule has 1 N–H and O–H groups in total. The standard InChI is InChI=1S/C22H30N2O3S/c25-21(23-22-12-16-9-17(13-22)11-18(10-16)14-22)19-5-4-8-24(15-19)28(26,27)20-6-2-1-3-7-20/h1-3,6-7,16-19H,4-5,8-15H2,(H,23,25). The third-order valence-corrected chi connectivity index (χ3v) is 9.44. The van der Waals surface area contributed by atoms with Crippen molar-refractivity contribution >= 4 is 15.9 Å². The maximum atomic E-state index is 13.2. The Balaban J connectivity index is 1.28. The molecule has 0 radical (unpaired) electrons. The molecule has 1 aliphatic heterocycles. The molecule has 4 bridgehead atoms. The third-order valence-electron chi connectivity index (χ3n) is 7.56. The highest BCUT2D eigenvalue weighted by atomic mass is 32.2. The molecule has 0 aromatic heterocycles. The van der Waals surface area contributed by atoms with Crippen LogP contribution in [0.25, 0.3) is 0 Å². The fraction of sp³-hybridized carbons (Fsp3) is 0.682. The van der Waals surface area contributed by atoms with E-state index in [0.717, 1.165) is 49.9 Å². The van der Waals surface area contributed by atoms with Crippen LogP contribution >= 0.6 is 0 Å². The van der Waals surface area contributed by atoms with Crippen LogP contribution in [0.3, 0.4) is 0 Å². The van der Waals surface area contributed by atoms with E-state index in [0.29, 0.717) is 18.0 Å². The topological polar surface area (TPSA) is 66.5 Å². The Morgan fingerprint density at radius 2 is 1.61 bits per heavy atom. The highest BCUT2D eigenvalue weighted by Gasteiger charge is 2.52. The molecule has 1 unspecified atom stereocenters. The van der Waals surface area contributed by atoms with Crippen molar-refractivity contribution in [3.8, 4) is 0 Å². The molecule has 1 heterocycles. The van der Waals surface area contributed by atoms with Gasteiger partial charge in [0.25, 0.3) is 0 Å². The van der Waals surface area contributed by atoms with E-state index in [1.807, 2.05) is 6.07 Å². The number of rotatable bonds is 4. The molecule has 5 fully saturated rings. The van der Waals surface area contributed by atoms with Gasteiger partial charge in [0, 0.05) is 18.6 Å². The summed E-state index contributed by atoms with van der Waals surface area (Å²) in [7, 11) is -3.53. The molecule has 1 amide bonds. The van der Waals surface area contributed by atoms with Crippen LogP contribution in [0.5, 0.6) is 0 Å². The van der Waals surface area contributed by atoms with Gasteiger partial charge in [-0.05, 0) is 81.3 Å². The number of sulfonamides is 1. The first kappa shape index (κ1) is 18.6. The lowest BCUT2D eigenvalue weighted by Gasteiger charge is -2.57. The summed E-state index contributed by atoms with van der Waals surface area (Å²) in [5.74, 6) is 2.20. The molecule has 4 aliphatic carbocycles. The second-order valence-corrected chi connectivity index (χ2v) is 11.6. The summed E-state index contributed by atoms with van der Waals surface area (Å²) >= 11 is 0. The van der Waals surface area contributed by atoms with Crippen molar-refractivity contribution in [1.29, 1.82) is 0 Å². The SMILES string of the molecule is O=C(NC12CC3CC(CC(C3)C1)C2)C1CCCN(S(=O)(=O)c2ccccc2)C1. The number of nitrogens with one attached hydrogen (secondary N) is 1. The van der Waals surface area contributed by atoms with Gasteiger partial charge in [-0.1, -0.05) is 18.2 Å². The molecule has 152 valence electrons. The summed E-state index contributed by atoms with van der Waals surface area (Å²) in [6.45, 7) is 0.799. The van der Waals surface area contributed by atoms with E-state index in [1.165, 1.54) is 23.6 Å². The fourth-order valence-corrected chi connectivity index (χ4v) is 8.29. The highest BCUT2D eigenvalue weighted by Crippen LogP contribution is 2.55. The zero-order chi connectivity index (χ0) is 19.4. The van der Waals surface area contributed by atoms with E-state index >= 15 is 0 Å². The molecule has 4 saturated carbocycles. The number of carbonyl (C=O) groups is 1. The van der Waals surface area contributed by atoms with Gasteiger partial charge in [-0.3, -0.25) is 4.79 Å². The van der Waals surface area contributed by atoms with Gasteiger partial charge in [0.1, 0.15) is 0 Å². The lowest BCUT2D eigenvalue weighted by atomic mass is 9.53. The summed E-state index contributed by atoms with van der Waals surface area (Å²) < 4.78 is 27.4. The van der Waals surface area contributed by atoms with Crippen LogP contribution in [0.2, 0.25) is 0 Å². The normalized spacial score (nSPS) is 37.7. The van der Waals surface area contributed by atoms with E-state index in [4.69, 9.17) is 0 Å². The predicted molar refractivity (Wildman–Crippen MR) is 107 cm³/mol. The number of carbonyl (C=O) groups excluding carboxylic acids is 1. The molecule has 1 aromatic carbocycles.